The molecule has 3 nitrogen and oxygen atoms in total. The third-order valence-corrected chi connectivity index (χ3v) is 9.15. The van der Waals surface area contributed by atoms with E-state index in [1.807, 2.05) is 0 Å². The molecule has 0 bridgehead atoms. The van der Waals surface area contributed by atoms with E-state index in [9.17, 15) is 15.0 Å². The van der Waals surface area contributed by atoms with Gasteiger partial charge in [0.25, 0.3) is 0 Å². The fraction of sp³-hybridized carbons (Fsp3) is 0.853. The molecule has 0 aromatic carbocycles. The van der Waals surface area contributed by atoms with Crippen LogP contribution in [0.5, 0.6) is 0 Å². The van der Waals surface area contributed by atoms with Crippen molar-refractivity contribution in [1.29, 1.82) is 0 Å². The van der Waals surface area contributed by atoms with E-state index in [1.54, 1.807) is 0 Å². The highest BCUT2D eigenvalue weighted by molar-refractivity contribution is 5.71. The second kappa shape index (κ2) is 15.4. The van der Waals surface area contributed by atoms with Crippen molar-refractivity contribution in [3.05, 3.63) is 23.0 Å². The zero-order valence-corrected chi connectivity index (χ0v) is 26.1. The molecular formula is C34H62O3. The van der Waals surface area contributed by atoms with Gasteiger partial charge >= 0.3 is 5.97 Å². The Hall–Kier alpha value is -1.25. The first kappa shape index (κ1) is 33.8. The van der Waals surface area contributed by atoms with Crippen LogP contribution in [0.4, 0.5) is 0 Å². The summed E-state index contributed by atoms with van der Waals surface area (Å²) in [4.78, 5) is 12.7. The van der Waals surface area contributed by atoms with Crippen LogP contribution in [-0.4, -0.2) is 16.2 Å². The Labute approximate surface area is 230 Å². The molecule has 1 aliphatic carbocycles. The summed E-state index contributed by atoms with van der Waals surface area (Å²) in [5.74, 6) is -0.275. The molecule has 0 amide bonds. The van der Waals surface area contributed by atoms with Gasteiger partial charge in [-0.1, -0.05) is 145 Å². The van der Waals surface area contributed by atoms with E-state index in [0.29, 0.717) is 12.2 Å². The fourth-order valence-electron chi connectivity index (χ4n) is 5.96. The summed E-state index contributed by atoms with van der Waals surface area (Å²) in [6.45, 7) is 19.7. The van der Waals surface area contributed by atoms with Gasteiger partial charge in [-0.15, -0.1) is 0 Å². The van der Waals surface area contributed by atoms with Crippen LogP contribution >= 0.6 is 0 Å². The van der Waals surface area contributed by atoms with Crippen LogP contribution < -0.4 is 0 Å². The highest BCUT2D eigenvalue weighted by Crippen LogP contribution is 2.54. The fourth-order valence-corrected chi connectivity index (χ4v) is 5.96. The normalized spacial score (nSPS) is 20.6. The minimum absolute atomic E-state index is 0.136. The van der Waals surface area contributed by atoms with Crippen LogP contribution in [0.3, 0.4) is 0 Å². The van der Waals surface area contributed by atoms with Crippen molar-refractivity contribution in [2.24, 2.45) is 28.1 Å². The Morgan fingerprint density at radius 1 is 0.865 bits per heavy atom. The van der Waals surface area contributed by atoms with E-state index in [2.05, 4.69) is 68.4 Å². The van der Waals surface area contributed by atoms with Crippen LogP contribution in [0.1, 0.15) is 159 Å². The quantitative estimate of drug-likeness (QED) is 0.188. The summed E-state index contributed by atoms with van der Waals surface area (Å²) in [6.07, 6.45) is 19.1. The van der Waals surface area contributed by atoms with Gasteiger partial charge in [0, 0.05) is 5.41 Å². The molecule has 3 heteroatoms. The lowest BCUT2D eigenvalue weighted by Crippen LogP contribution is -2.39. The lowest BCUT2D eigenvalue weighted by atomic mass is 9.58. The maximum absolute atomic E-state index is 12.7. The molecule has 3 atom stereocenters. The molecular weight excluding hydrogens is 456 g/mol. The Balaban J connectivity index is 3.14. The second-order valence-electron chi connectivity index (χ2n) is 14.2. The molecule has 1 rings (SSSR count). The van der Waals surface area contributed by atoms with Gasteiger partial charge in [0.1, 0.15) is 5.76 Å². The monoisotopic (exact) mass is 518 g/mol. The first-order valence-electron chi connectivity index (χ1n) is 15.6. The average Bonchev–Trinajstić information content (AvgIpc) is 2.79. The van der Waals surface area contributed by atoms with E-state index in [1.165, 1.54) is 63.4 Å². The van der Waals surface area contributed by atoms with Gasteiger partial charge in [-0.3, -0.25) is 4.79 Å². The van der Waals surface area contributed by atoms with Crippen LogP contribution in [0.15, 0.2) is 23.0 Å². The topological polar surface area (TPSA) is 57.5 Å². The summed E-state index contributed by atoms with van der Waals surface area (Å²) in [6, 6.07) is 0. The second-order valence-corrected chi connectivity index (χ2v) is 14.2. The Morgan fingerprint density at radius 3 is 1.76 bits per heavy atom. The zero-order valence-electron chi connectivity index (χ0n) is 26.1. The van der Waals surface area contributed by atoms with Crippen molar-refractivity contribution in [1.82, 2.24) is 0 Å². The van der Waals surface area contributed by atoms with Crippen molar-refractivity contribution in [3.63, 3.8) is 0 Å². The smallest absolute Gasteiger partial charge is 0.307 e. The molecule has 37 heavy (non-hydrogen) atoms. The Bertz CT molecular complexity index is 746. The summed E-state index contributed by atoms with van der Waals surface area (Å²) in [5, 5.41) is 21.9. The highest BCUT2D eigenvalue weighted by atomic mass is 16.4. The van der Waals surface area contributed by atoms with Gasteiger partial charge in [0.2, 0.25) is 0 Å². The van der Waals surface area contributed by atoms with Crippen LogP contribution in [0.2, 0.25) is 0 Å². The van der Waals surface area contributed by atoms with Crippen LogP contribution in [-0.2, 0) is 4.79 Å². The number of aliphatic carboxylic acids is 1. The Morgan fingerprint density at radius 2 is 1.32 bits per heavy atom. The number of unbranched alkanes of at least 4 members (excludes halogenated alkanes) is 9. The molecule has 0 saturated carbocycles. The molecule has 216 valence electrons. The highest BCUT2D eigenvalue weighted by Gasteiger charge is 2.46. The van der Waals surface area contributed by atoms with Gasteiger partial charge in [-0.2, -0.15) is 0 Å². The molecule has 2 N–H and O–H groups in total. The average molecular weight is 519 g/mol. The van der Waals surface area contributed by atoms with Gasteiger partial charge in [0.05, 0.1) is 5.92 Å². The maximum atomic E-state index is 12.7. The van der Waals surface area contributed by atoms with Gasteiger partial charge in [-0.05, 0) is 48.0 Å². The lowest BCUT2D eigenvalue weighted by Gasteiger charge is -2.47. The van der Waals surface area contributed by atoms with Crippen molar-refractivity contribution >= 4 is 5.97 Å². The number of carboxylic acids is 1. The van der Waals surface area contributed by atoms with Crippen LogP contribution in [0, 0.1) is 28.1 Å². The standard InChI is InChI=1S/C34H62O3/c1-10-12-14-16-17-18-20-22-27(21-19-15-13-11-2)28(31(36)37)23-26-24-29(32(3,4)5)30(35)34(9,25-26)33(6,7)8/h24,27-28,35H,10-23,25H2,1-9H3,(H,36,37). The van der Waals surface area contributed by atoms with E-state index in [0.717, 1.165) is 37.7 Å². The molecule has 0 fully saturated rings. The predicted octanol–water partition coefficient (Wildman–Crippen LogP) is 11.0. The predicted molar refractivity (Wildman–Crippen MR) is 160 cm³/mol. The van der Waals surface area contributed by atoms with Crippen LogP contribution in [0.25, 0.3) is 0 Å². The number of rotatable bonds is 17. The molecule has 0 spiro atoms. The lowest BCUT2D eigenvalue weighted by molar-refractivity contribution is -0.144. The SMILES string of the molecule is CCCCCCCCCC(CCCCCC)C(CC1=CC(C(C)(C)C)=C(O)C(C)(C(C)(C)C)C1)C(=O)O. The van der Waals surface area contributed by atoms with Crippen molar-refractivity contribution in [3.8, 4) is 0 Å². The first-order valence-corrected chi connectivity index (χ1v) is 15.6. The summed E-state index contributed by atoms with van der Waals surface area (Å²) in [5.41, 5.74) is 1.44. The van der Waals surface area contributed by atoms with Gasteiger partial charge in [0.15, 0.2) is 0 Å². The molecule has 0 aromatic rings. The Kier molecular flexibility index (Phi) is 14.0. The van der Waals surface area contributed by atoms with Crippen molar-refractivity contribution in [2.75, 3.05) is 0 Å². The first-order chi connectivity index (χ1) is 17.2. The number of aliphatic hydroxyl groups excluding tert-OH is 1. The summed E-state index contributed by atoms with van der Waals surface area (Å²) in [7, 11) is 0. The molecule has 0 aliphatic heterocycles. The third kappa shape index (κ3) is 10.4. The number of hydrogen-bond acceptors (Lipinski definition) is 2. The molecule has 0 aromatic heterocycles. The molecule has 0 heterocycles. The van der Waals surface area contributed by atoms with Gasteiger partial charge in [-0.25, -0.2) is 0 Å². The van der Waals surface area contributed by atoms with E-state index >= 15 is 0 Å². The van der Waals surface area contributed by atoms with Crippen molar-refractivity contribution in [2.45, 2.75) is 159 Å². The van der Waals surface area contributed by atoms with Gasteiger partial charge < -0.3 is 10.2 Å². The molecule has 0 saturated heterocycles. The minimum Gasteiger partial charge on any atom is -0.511 e. The van der Waals surface area contributed by atoms with E-state index in [4.69, 9.17) is 0 Å². The van der Waals surface area contributed by atoms with E-state index in [-0.39, 0.29) is 22.7 Å². The van der Waals surface area contributed by atoms with Crippen molar-refractivity contribution < 1.29 is 15.0 Å². The molecule has 3 unspecified atom stereocenters. The number of hydrogen-bond donors (Lipinski definition) is 2. The number of aliphatic hydroxyl groups is 1. The molecule has 0 radical (unpaired) electrons. The molecule has 1 aliphatic rings. The number of carboxylic acid groups (broad SMARTS) is 1. The summed E-state index contributed by atoms with van der Waals surface area (Å²) < 4.78 is 0. The van der Waals surface area contributed by atoms with E-state index < -0.39 is 11.4 Å². The maximum Gasteiger partial charge on any atom is 0.307 e. The largest absolute Gasteiger partial charge is 0.511 e. The minimum atomic E-state index is -0.641. The number of carbonyl (C=O) groups is 1. The summed E-state index contributed by atoms with van der Waals surface area (Å²) >= 11 is 0. The number of allylic oxidation sites excluding steroid dienone is 4. The third-order valence-electron chi connectivity index (χ3n) is 9.15. The zero-order chi connectivity index (χ0) is 28.3.